The van der Waals surface area contributed by atoms with Crippen LogP contribution in [0.5, 0.6) is 5.75 Å². The molecule has 1 fully saturated rings. The maximum Gasteiger partial charge on any atom is 0.305 e. The minimum Gasteiger partial charge on any atom is -0.497 e. The van der Waals surface area contributed by atoms with Gasteiger partial charge in [0.15, 0.2) is 0 Å². The van der Waals surface area contributed by atoms with Crippen molar-refractivity contribution in [3.05, 3.63) is 24.3 Å². The average molecular weight is 475 g/mol. The Labute approximate surface area is 206 Å². The summed E-state index contributed by atoms with van der Waals surface area (Å²) in [6.45, 7) is 4.65. The van der Waals surface area contributed by atoms with Crippen molar-refractivity contribution in [1.82, 2.24) is 5.43 Å². The van der Waals surface area contributed by atoms with Crippen molar-refractivity contribution in [2.24, 2.45) is 5.41 Å². The van der Waals surface area contributed by atoms with Crippen molar-refractivity contribution < 1.29 is 19.1 Å². The summed E-state index contributed by atoms with van der Waals surface area (Å²) in [5.41, 5.74) is 2.99. The molecule has 1 heterocycles. The van der Waals surface area contributed by atoms with Crippen molar-refractivity contribution >= 4 is 17.6 Å². The molecule has 0 radical (unpaired) electrons. The molecule has 1 aromatic rings. The summed E-state index contributed by atoms with van der Waals surface area (Å²) in [6.07, 6.45) is 17.1. The van der Waals surface area contributed by atoms with Crippen LogP contribution in [0.15, 0.2) is 24.3 Å². The Balaban J connectivity index is 1.51. The number of rotatable bonds is 18. The van der Waals surface area contributed by atoms with Gasteiger partial charge in [-0.05, 0) is 37.6 Å². The molecule has 1 aromatic carbocycles. The molecule has 1 N–H and O–H groups in total. The summed E-state index contributed by atoms with van der Waals surface area (Å²) < 4.78 is 10.7. The monoisotopic (exact) mass is 474 g/mol. The second-order valence-electron chi connectivity index (χ2n) is 9.94. The van der Waals surface area contributed by atoms with E-state index in [0.717, 1.165) is 24.3 Å². The molecule has 0 spiro atoms. The van der Waals surface area contributed by atoms with Crippen LogP contribution in [-0.2, 0) is 14.3 Å². The van der Waals surface area contributed by atoms with Crippen LogP contribution in [-0.4, -0.2) is 32.1 Å². The fourth-order valence-electron chi connectivity index (χ4n) is 4.35. The molecular formula is C28H46N2O4. The van der Waals surface area contributed by atoms with E-state index in [4.69, 9.17) is 9.47 Å². The largest absolute Gasteiger partial charge is 0.497 e. The molecular weight excluding hydrogens is 428 g/mol. The molecule has 0 aromatic heterocycles. The lowest BCUT2D eigenvalue weighted by molar-refractivity contribution is -0.148. The molecule has 0 saturated carbocycles. The van der Waals surface area contributed by atoms with Crippen LogP contribution in [0.2, 0.25) is 0 Å². The van der Waals surface area contributed by atoms with Gasteiger partial charge in [0.2, 0.25) is 5.91 Å². The highest BCUT2D eigenvalue weighted by molar-refractivity contribution is 5.88. The van der Waals surface area contributed by atoms with Crippen molar-refractivity contribution in [1.29, 1.82) is 0 Å². The minimum absolute atomic E-state index is 0.1000. The number of carbonyl (C=O) groups excluding carboxylic acids is 2. The molecule has 1 aliphatic heterocycles. The molecule has 2 rings (SSSR count). The van der Waals surface area contributed by atoms with E-state index in [0.29, 0.717) is 13.0 Å². The van der Waals surface area contributed by atoms with Crippen molar-refractivity contribution in [2.45, 2.75) is 104 Å². The topological polar surface area (TPSA) is 67.9 Å². The van der Waals surface area contributed by atoms with Crippen LogP contribution < -0.4 is 15.2 Å². The maximum atomic E-state index is 12.5. The molecule has 6 nitrogen and oxygen atoms in total. The summed E-state index contributed by atoms with van der Waals surface area (Å²) in [5.74, 6) is 0.427. The Bertz CT molecular complexity index is 722. The highest BCUT2D eigenvalue weighted by Gasteiger charge is 2.43. The fraction of sp³-hybridized carbons (Fsp3) is 0.714. The average Bonchev–Trinajstić information content (AvgIpc) is 3.15. The SMILES string of the molecule is CCCCCCCCCCCCCCCC(=O)OCC1(C)CN(c2ccc(OC)cc2)NC1=O. The van der Waals surface area contributed by atoms with Crippen LogP contribution in [0.1, 0.15) is 104 Å². The molecule has 1 atom stereocenters. The van der Waals surface area contributed by atoms with E-state index in [-0.39, 0.29) is 18.5 Å². The number of esters is 1. The smallest absolute Gasteiger partial charge is 0.305 e. The molecule has 0 aliphatic carbocycles. The Hall–Kier alpha value is -2.24. The zero-order valence-electron chi connectivity index (χ0n) is 21.7. The van der Waals surface area contributed by atoms with E-state index in [2.05, 4.69) is 12.3 Å². The van der Waals surface area contributed by atoms with Crippen LogP contribution >= 0.6 is 0 Å². The number of unbranched alkanes of at least 4 members (excludes halogenated alkanes) is 12. The number of hydrogen-bond acceptors (Lipinski definition) is 5. The van der Waals surface area contributed by atoms with Gasteiger partial charge in [-0.25, -0.2) is 0 Å². The van der Waals surface area contributed by atoms with Gasteiger partial charge in [0.1, 0.15) is 17.8 Å². The van der Waals surface area contributed by atoms with Crippen molar-refractivity contribution in [2.75, 3.05) is 25.3 Å². The van der Waals surface area contributed by atoms with Gasteiger partial charge in [-0.3, -0.25) is 20.0 Å². The lowest BCUT2D eigenvalue weighted by Crippen LogP contribution is -2.35. The van der Waals surface area contributed by atoms with Crippen molar-refractivity contribution in [3.63, 3.8) is 0 Å². The third-order valence-corrected chi connectivity index (χ3v) is 6.71. The third kappa shape index (κ3) is 9.94. The predicted molar refractivity (Wildman–Crippen MR) is 138 cm³/mol. The summed E-state index contributed by atoms with van der Waals surface area (Å²) in [4.78, 5) is 24.7. The number of ether oxygens (including phenoxy) is 2. The quantitative estimate of drug-likeness (QED) is 0.192. The summed E-state index contributed by atoms with van der Waals surface area (Å²) in [5, 5.41) is 1.79. The molecule has 192 valence electrons. The minimum atomic E-state index is -0.758. The zero-order chi connectivity index (χ0) is 24.7. The number of nitrogens with one attached hydrogen (secondary N) is 1. The number of benzene rings is 1. The summed E-state index contributed by atoms with van der Waals surface area (Å²) >= 11 is 0. The van der Waals surface area contributed by atoms with E-state index in [1.54, 1.807) is 12.1 Å². The first kappa shape index (κ1) is 28.0. The molecule has 1 amide bonds. The van der Waals surface area contributed by atoms with Gasteiger partial charge >= 0.3 is 5.97 Å². The van der Waals surface area contributed by atoms with Gasteiger partial charge in [-0.2, -0.15) is 0 Å². The first-order valence-electron chi connectivity index (χ1n) is 13.4. The second kappa shape index (κ2) is 15.6. The highest BCUT2D eigenvalue weighted by Crippen LogP contribution is 2.29. The van der Waals surface area contributed by atoms with Gasteiger partial charge in [0.25, 0.3) is 0 Å². The zero-order valence-corrected chi connectivity index (χ0v) is 21.7. The first-order chi connectivity index (χ1) is 16.5. The van der Waals surface area contributed by atoms with E-state index in [1.165, 1.54) is 70.6 Å². The van der Waals surface area contributed by atoms with Crippen LogP contribution in [0.3, 0.4) is 0 Å². The molecule has 6 heteroatoms. The van der Waals surface area contributed by atoms with Crippen LogP contribution in [0, 0.1) is 5.41 Å². The van der Waals surface area contributed by atoms with Crippen molar-refractivity contribution in [3.8, 4) is 5.75 Å². The number of anilines is 1. The van der Waals surface area contributed by atoms with Crippen LogP contribution in [0.4, 0.5) is 5.69 Å². The first-order valence-corrected chi connectivity index (χ1v) is 13.4. The fourth-order valence-corrected chi connectivity index (χ4v) is 4.35. The molecule has 0 bridgehead atoms. The number of amides is 1. The Morgan fingerprint density at radius 2 is 1.44 bits per heavy atom. The Morgan fingerprint density at radius 1 is 0.912 bits per heavy atom. The Morgan fingerprint density at radius 3 is 1.97 bits per heavy atom. The number of carbonyl (C=O) groups is 2. The van der Waals surface area contributed by atoms with E-state index >= 15 is 0 Å². The van der Waals surface area contributed by atoms with E-state index < -0.39 is 5.41 Å². The van der Waals surface area contributed by atoms with E-state index in [9.17, 15) is 9.59 Å². The van der Waals surface area contributed by atoms with Gasteiger partial charge < -0.3 is 9.47 Å². The lowest BCUT2D eigenvalue weighted by atomic mass is 9.92. The van der Waals surface area contributed by atoms with Gasteiger partial charge in [-0.15, -0.1) is 0 Å². The second-order valence-corrected chi connectivity index (χ2v) is 9.94. The van der Waals surface area contributed by atoms with Gasteiger partial charge in [-0.1, -0.05) is 84.0 Å². The third-order valence-electron chi connectivity index (χ3n) is 6.71. The number of methoxy groups -OCH3 is 1. The molecule has 1 aliphatic rings. The van der Waals surface area contributed by atoms with Gasteiger partial charge in [0.05, 0.1) is 19.3 Å². The molecule has 34 heavy (non-hydrogen) atoms. The highest BCUT2D eigenvalue weighted by atomic mass is 16.5. The standard InChI is InChI=1S/C28H46N2O4/c1-4-5-6-7-8-9-10-11-12-13-14-15-16-17-26(31)34-23-28(2)22-30(29-27(28)32)24-18-20-25(33-3)21-19-24/h18-21H,4-17,22-23H2,1-3H3,(H,29,32). The number of nitrogens with zero attached hydrogens (tertiary/aromatic N) is 1. The lowest BCUT2D eigenvalue weighted by Gasteiger charge is -2.21. The summed E-state index contributed by atoms with van der Waals surface area (Å²) in [7, 11) is 1.62. The summed E-state index contributed by atoms with van der Waals surface area (Å²) in [6, 6.07) is 7.50. The maximum absolute atomic E-state index is 12.5. The molecule has 1 unspecified atom stereocenters. The number of hydrazine groups is 1. The number of hydrogen-bond donors (Lipinski definition) is 1. The predicted octanol–water partition coefficient (Wildman–Crippen LogP) is 6.58. The van der Waals surface area contributed by atoms with Crippen LogP contribution in [0.25, 0.3) is 0 Å². The van der Waals surface area contributed by atoms with E-state index in [1.807, 2.05) is 31.2 Å². The Kier molecular flexibility index (Phi) is 12.9. The van der Waals surface area contributed by atoms with Gasteiger partial charge in [0, 0.05) is 6.42 Å². The molecule has 1 saturated heterocycles. The normalized spacial score (nSPS) is 17.6.